The summed E-state index contributed by atoms with van der Waals surface area (Å²) < 4.78 is 11.4. The Bertz CT molecular complexity index is 929. The van der Waals surface area contributed by atoms with Crippen molar-refractivity contribution in [2.45, 2.75) is 19.3 Å². The first-order valence-corrected chi connectivity index (χ1v) is 9.28. The number of ether oxygens (including phenoxy) is 2. The van der Waals surface area contributed by atoms with Crippen LogP contribution in [0.25, 0.3) is 10.2 Å². The summed E-state index contributed by atoms with van der Waals surface area (Å²) in [5.74, 6) is 0.467. The van der Waals surface area contributed by atoms with E-state index in [0.29, 0.717) is 5.56 Å². The average molecular weight is 360 g/mol. The number of nitrogens with one attached hydrogen (secondary N) is 1. The molecular weight excluding hydrogens is 344 g/mol. The van der Waals surface area contributed by atoms with Gasteiger partial charge in [-0.1, -0.05) is 17.4 Å². The standard InChI is InChI=1S/C17H16N2O3S2/c1-21-10-6-4-8-12-14(10)18-17(24-12)19-15-13(16(20)22-2)9-5-3-7-11(9)23-15/h4,6,8H,3,5,7H2,1-2H3,(H,18,19). The van der Waals surface area contributed by atoms with Crippen molar-refractivity contribution in [3.8, 4) is 5.75 Å². The molecule has 0 spiro atoms. The summed E-state index contributed by atoms with van der Waals surface area (Å²) in [5, 5.41) is 4.90. The molecule has 0 radical (unpaired) electrons. The predicted molar refractivity (Wildman–Crippen MR) is 97.1 cm³/mol. The van der Waals surface area contributed by atoms with Crippen LogP contribution in [0.3, 0.4) is 0 Å². The molecule has 0 saturated carbocycles. The summed E-state index contributed by atoms with van der Waals surface area (Å²) in [7, 11) is 3.06. The summed E-state index contributed by atoms with van der Waals surface area (Å²) in [6.45, 7) is 0. The van der Waals surface area contributed by atoms with Crippen LogP contribution >= 0.6 is 22.7 Å². The number of nitrogens with zero attached hydrogens (tertiary/aromatic N) is 1. The Balaban J connectivity index is 1.75. The van der Waals surface area contributed by atoms with Gasteiger partial charge in [-0.2, -0.15) is 0 Å². The number of benzene rings is 1. The molecule has 2 aromatic heterocycles. The van der Waals surface area contributed by atoms with Gasteiger partial charge in [0.1, 0.15) is 16.3 Å². The van der Waals surface area contributed by atoms with Gasteiger partial charge in [0, 0.05) is 4.88 Å². The minimum atomic E-state index is -0.282. The third kappa shape index (κ3) is 2.44. The third-order valence-electron chi connectivity index (χ3n) is 4.13. The molecule has 1 aliphatic rings. The number of hydrogen-bond acceptors (Lipinski definition) is 7. The van der Waals surface area contributed by atoms with E-state index in [9.17, 15) is 4.79 Å². The number of methoxy groups -OCH3 is 2. The van der Waals surface area contributed by atoms with Crippen molar-refractivity contribution < 1.29 is 14.3 Å². The normalized spacial score (nSPS) is 13.1. The minimum Gasteiger partial charge on any atom is -0.494 e. The maximum atomic E-state index is 12.2. The van der Waals surface area contributed by atoms with E-state index in [2.05, 4.69) is 10.3 Å². The zero-order valence-electron chi connectivity index (χ0n) is 13.3. The van der Waals surface area contributed by atoms with Crippen LogP contribution in [0.2, 0.25) is 0 Å². The molecule has 0 unspecified atom stereocenters. The number of fused-ring (bicyclic) bond motifs is 2. The molecule has 0 aliphatic heterocycles. The van der Waals surface area contributed by atoms with E-state index in [0.717, 1.165) is 50.9 Å². The van der Waals surface area contributed by atoms with Crippen molar-refractivity contribution in [1.29, 1.82) is 0 Å². The SMILES string of the molecule is COC(=O)c1c(Nc2nc3c(OC)cccc3s2)sc2c1CCC2. The number of thiophene rings is 1. The van der Waals surface area contributed by atoms with Crippen LogP contribution in [0.15, 0.2) is 18.2 Å². The first-order valence-electron chi connectivity index (χ1n) is 7.64. The van der Waals surface area contributed by atoms with Crippen LogP contribution in [0, 0.1) is 0 Å². The van der Waals surface area contributed by atoms with E-state index in [-0.39, 0.29) is 5.97 Å². The van der Waals surface area contributed by atoms with Crippen LogP contribution in [0.4, 0.5) is 10.1 Å². The Kier molecular flexibility index (Phi) is 3.90. The second-order valence-electron chi connectivity index (χ2n) is 5.50. The number of thiazole rings is 1. The largest absolute Gasteiger partial charge is 0.494 e. The van der Waals surface area contributed by atoms with Crippen molar-refractivity contribution in [3.63, 3.8) is 0 Å². The molecular formula is C17H16N2O3S2. The topological polar surface area (TPSA) is 60.5 Å². The molecule has 5 nitrogen and oxygen atoms in total. The molecule has 124 valence electrons. The van der Waals surface area contributed by atoms with Crippen molar-refractivity contribution in [3.05, 3.63) is 34.2 Å². The van der Waals surface area contributed by atoms with Crippen LogP contribution in [0.1, 0.15) is 27.2 Å². The first-order chi connectivity index (χ1) is 11.7. The Hall–Kier alpha value is -2.12. The molecule has 24 heavy (non-hydrogen) atoms. The zero-order chi connectivity index (χ0) is 16.7. The molecule has 0 saturated heterocycles. The lowest BCUT2D eigenvalue weighted by molar-refractivity contribution is 0.0601. The quantitative estimate of drug-likeness (QED) is 0.700. The molecule has 1 aromatic carbocycles. The van der Waals surface area contributed by atoms with Gasteiger partial charge in [0.25, 0.3) is 0 Å². The molecule has 2 heterocycles. The average Bonchev–Trinajstić information content (AvgIpc) is 3.27. The predicted octanol–water partition coefficient (Wildman–Crippen LogP) is 4.39. The molecule has 3 aromatic rings. The molecule has 0 amide bonds. The van der Waals surface area contributed by atoms with Crippen LogP contribution in [-0.4, -0.2) is 25.2 Å². The lowest BCUT2D eigenvalue weighted by Gasteiger charge is -2.05. The second kappa shape index (κ2) is 6.07. The van der Waals surface area contributed by atoms with E-state index < -0.39 is 0 Å². The van der Waals surface area contributed by atoms with E-state index in [1.165, 1.54) is 12.0 Å². The highest BCUT2D eigenvalue weighted by molar-refractivity contribution is 7.23. The number of esters is 1. The fraction of sp³-hybridized carbons (Fsp3) is 0.294. The number of anilines is 2. The summed E-state index contributed by atoms with van der Waals surface area (Å²) in [6, 6.07) is 5.85. The van der Waals surface area contributed by atoms with Crippen molar-refractivity contribution in [2.75, 3.05) is 19.5 Å². The van der Waals surface area contributed by atoms with Crippen molar-refractivity contribution >= 4 is 49.0 Å². The smallest absolute Gasteiger partial charge is 0.341 e. The van der Waals surface area contributed by atoms with Gasteiger partial charge in [-0.05, 0) is 37.0 Å². The Morgan fingerprint density at radius 3 is 2.92 bits per heavy atom. The maximum absolute atomic E-state index is 12.2. The number of aromatic nitrogens is 1. The second-order valence-corrected chi connectivity index (χ2v) is 7.64. The van der Waals surface area contributed by atoms with E-state index in [4.69, 9.17) is 9.47 Å². The Labute approximate surface area is 147 Å². The van der Waals surface area contributed by atoms with Crippen LogP contribution in [0.5, 0.6) is 5.75 Å². The van der Waals surface area contributed by atoms with Gasteiger partial charge in [-0.15, -0.1) is 11.3 Å². The molecule has 7 heteroatoms. The fourth-order valence-corrected chi connectivity index (χ4v) is 5.28. The van der Waals surface area contributed by atoms with Crippen LogP contribution < -0.4 is 10.1 Å². The molecule has 4 rings (SSSR count). The summed E-state index contributed by atoms with van der Waals surface area (Å²) in [6.07, 6.45) is 3.06. The molecule has 1 aliphatic carbocycles. The van der Waals surface area contributed by atoms with Gasteiger partial charge in [-0.3, -0.25) is 0 Å². The van der Waals surface area contributed by atoms with Gasteiger partial charge >= 0.3 is 5.97 Å². The van der Waals surface area contributed by atoms with E-state index in [1.807, 2.05) is 18.2 Å². The van der Waals surface area contributed by atoms with Gasteiger partial charge < -0.3 is 14.8 Å². The number of aryl methyl sites for hydroxylation is 1. The van der Waals surface area contributed by atoms with Gasteiger partial charge in [0.15, 0.2) is 5.13 Å². The summed E-state index contributed by atoms with van der Waals surface area (Å²) in [4.78, 5) is 18.1. The lowest BCUT2D eigenvalue weighted by Crippen LogP contribution is -2.05. The fourth-order valence-electron chi connectivity index (χ4n) is 3.05. The Morgan fingerprint density at radius 1 is 1.25 bits per heavy atom. The molecule has 0 atom stereocenters. The lowest BCUT2D eigenvalue weighted by atomic mass is 10.1. The van der Waals surface area contributed by atoms with Crippen molar-refractivity contribution in [1.82, 2.24) is 4.98 Å². The van der Waals surface area contributed by atoms with Crippen molar-refractivity contribution in [2.24, 2.45) is 0 Å². The Morgan fingerprint density at radius 2 is 2.12 bits per heavy atom. The maximum Gasteiger partial charge on any atom is 0.341 e. The number of para-hydroxylation sites is 1. The number of rotatable bonds is 4. The minimum absolute atomic E-state index is 0.282. The monoisotopic (exact) mass is 360 g/mol. The molecule has 0 bridgehead atoms. The first kappa shape index (κ1) is 15.4. The highest BCUT2D eigenvalue weighted by Crippen LogP contribution is 2.42. The van der Waals surface area contributed by atoms with E-state index >= 15 is 0 Å². The number of carbonyl (C=O) groups excluding carboxylic acids is 1. The highest BCUT2D eigenvalue weighted by atomic mass is 32.1. The van der Waals surface area contributed by atoms with E-state index in [1.54, 1.807) is 29.8 Å². The summed E-state index contributed by atoms with van der Waals surface area (Å²) >= 11 is 3.17. The summed E-state index contributed by atoms with van der Waals surface area (Å²) in [5.41, 5.74) is 2.63. The highest BCUT2D eigenvalue weighted by Gasteiger charge is 2.27. The van der Waals surface area contributed by atoms with Gasteiger partial charge in [0.05, 0.1) is 24.5 Å². The molecule has 0 fully saturated rings. The van der Waals surface area contributed by atoms with Gasteiger partial charge in [0.2, 0.25) is 0 Å². The number of carbonyl (C=O) groups is 1. The third-order valence-corrected chi connectivity index (χ3v) is 6.28. The zero-order valence-corrected chi connectivity index (χ0v) is 15.0. The van der Waals surface area contributed by atoms with Gasteiger partial charge in [-0.25, -0.2) is 9.78 Å². The molecule has 1 N–H and O–H groups in total. The van der Waals surface area contributed by atoms with Crippen LogP contribution in [-0.2, 0) is 17.6 Å². The number of hydrogen-bond donors (Lipinski definition) is 1.